The molecule has 13 nitrogen and oxygen atoms in total. The number of ketones is 1. The molecule has 3 aromatic rings. The Hall–Kier alpha value is -4.55. The molecule has 2 amide bonds. The van der Waals surface area contributed by atoms with Gasteiger partial charge in [-0.2, -0.15) is 0 Å². The van der Waals surface area contributed by atoms with E-state index in [1.807, 2.05) is 77.9 Å². The Kier molecular flexibility index (Phi) is 9.78. The molecular weight excluding hydrogens is 554 g/mol. The molecule has 0 saturated heterocycles. The molecule has 2 N–H and O–H groups in total. The first kappa shape index (κ1) is 33.0. The van der Waals surface area contributed by atoms with E-state index in [0.717, 1.165) is 22.9 Å². The Balaban J connectivity index is 1.86. The maximum absolute atomic E-state index is 13.5. The number of amides is 2. The molecule has 1 unspecified atom stereocenters. The Bertz CT molecular complexity index is 1530. The minimum atomic E-state index is -1.01. The second-order valence-corrected chi connectivity index (χ2v) is 12.4. The van der Waals surface area contributed by atoms with E-state index in [-0.39, 0.29) is 23.4 Å². The highest BCUT2D eigenvalue weighted by Crippen LogP contribution is 2.32. The van der Waals surface area contributed by atoms with E-state index in [9.17, 15) is 19.2 Å². The van der Waals surface area contributed by atoms with E-state index < -0.39 is 46.8 Å². The number of rotatable bonds is 10. The zero-order valence-electron chi connectivity index (χ0n) is 26.4. The number of hydrogen-bond acceptors (Lipinski definition) is 10. The smallest absolute Gasteiger partial charge is 0.411 e. The van der Waals surface area contributed by atoms with Crippen molar-refractivity contribution in [2.45, 2.75) is 71.9 Å². The van der Waals surface area contributed by atoms with Crippen molar-refractivity contribution in [3.63, 3.8) is 0 Å². The molecule has 0 aliphatic heterocycles. The standard InChI is InChI=1S/C30H41N7O6/c1-17(2)22(23(39)24-34-35-27(43-24)30(6,7)18-11-13-19(14-12-18)36(8)9)33-21(38)16-37-25(40)20(32-28(41)42-10)15-31-26(37)29(3,4)5/h11-15,17,22H,16H2,1-10H3,(H,32,41)(H,33,38). The van der Waals surface area contributed by atoms with Gasteiger partial charge in [-0.3, -0.25) is 24.3 Å². The van der Waals surface area contributed by atoms with E-state index in [4.69, 9.17) is 4.42 Å². The molecule has 3 rings (SSSR count). The largest absolute Gasteiger partial charge is 0.453 e. The molecule has 1 aromatic carbocycles. The maximum atomic E-state index is 13.5. The summed E-state index contributed by atoms with van der Waals surface area (Å²) in [4.78, 5) is 58.1. The van der Waals surface area contributed by atoms with Gasteiger partial charge in [0.15, 0.2) is 0 Å². The van der Waals surface area contributed by atoms with Crippen LogP contribution in [0, 0.1) is 5.92 Å². The van der Waals surface area contributed by atoms with Crippen molar-refractivity contribution in [2.24, 2.45) is 5.92 Å². The Morgan fingerprint density at radius 3 is 2.21 bits per heavy atom. The third kappa shape index (κ3) is 7.46. The van der Waals surface area contributed by atoms with Gasteiger partial charge in [-0.1, -0.05) is 46.8 Å². The number of anilines is 2. The molecule has 0 spiro atoms. The van der Waals surface area contributed by atoms with Gasteiger partial charge in [-0.25, -0.2) is 9.78 Å². The molecule has 232 valence electrons. The predicted molar refractivity (Wildman–Crippen MR) is 162 cm³/mol. The highest BCUT2D eigenvalue weighted by Gasteiger charge is 2.34. The lowest BCUT2D eigenvalue weighted by Gasteiger charge is -2.24. The van der Waals surface area contributed by atoms with Crippen molar-refractivity contribution in [3.05, 3.63) is 64.0 Å². The van der Waals surface area contributed by atoms with Crippen molar-refractivity contribution in [3.8, 4) is 0 Å². The second-order valence-electron chi connectivity index (χ2n) is 12.4. The fraction of sp³-hybridized carbons (Fsp3) is 0.500. The molecule has 0 bridgehead atoms. The Labute approximate surface area is 251 Å². The molecule has 0 aliphatic rings. The molecule has 43 heavy (non-hydrogen) atoms. The maximum Gasteiger partial charge on any atom is 0.411 e. The number of Topliss-reactive ketones (excluding diaryl/α,β-unsaturated/α-hetero) is 1. The van der Waals surface area contributed by atoms with Gasteiger partial charge in [0.2, 0.25) is 17.6 Å². The highest BCUT2D eigenvalue weighted by atomic mass is 16.5. The SMILES string of the molecule is COC(=O)Nc1cnc(C(C)(C)C)n(CC(=O)NC(C(=O)c2nnc(C(C)(C)c3ccc(N(C)C)cc3)o2)C(C)C)c1=O. The van der Waals surface area contributed by atoms with E-state index >= 15 is 0 Å². The van der Waals surface area contributed by atoms with Gasteiger partial charge < -0.3 is 19.4 Å². The first-order chi connectivity index (χ1) is 20.0. The molecule has 2 heterocycles. The zero-order valence-corrected chi connectivity index (χ0v) is 26.4. The molecule has 13 heteroatoms. The van der Waals surface area contributed by atoms with Crippen LogP contribution < -0.4 is 21.1 Å². The summed E-state index contributed by atoms with van der Waals surface area (Å²) in [6.07, 6.45) is 0.372. The van der Waals surface area contributed by atoms with Crippen molar-refractivity contribution in [1.82, 2.24) is 25.1 Å². The lowest BCUT2D eigenvalue weighted by Crippen LogP contribution is -2.47. The minimum absolute atomic E-state index is 0.151. The third-order valence-corrected chi connectivity index (χ3v) is 6.98. The van der Waals surface area contributed by atoms with Crippen LogP contribution in [0.2, 0.25) is 0 Å². The van der Waals surface area contributed by atoms with Gasteiger partial charge >= 0.3 is 6.09 Å². The van der Waals surface area contributed by atoms with Crippen LogP contribution in [0.25, 0.3) is 0 Å². The summed E-state index contributed by atoms with van der Waals surface area (Å²) >= 11 is 0. The third-order valence-electron chi connectivity index (χ3n) is 6.98. The lowest BCUT2D eigenvalue weighted by atomic mass is 9.84. The minimum Gasteiger partial charge on any atom is -0.453 e. The van der Waals surface area contributed by atoms with Crippen LogP contribution in [0.1, 0.15) is 76.4 Å². The molecule has 2 aromatic heterocycles. The van der Waals surface area contributed by atoms with Gasteiger partial charge in [0.1, 0.15) is 18.1 Å². The summed E-state index contributed by atoms with van der Waals surface area (Å²) in [5.74, 6) is -1.17. The van der Waals surface area contributed by atoms with Crippen LogP contribution >= 0.6 is 0 Å². The number of methoxy groups -OCH3 is 1. The summed E-state index contributed by atoms with van der Waals surface area (Å²) in [5.41, 5.74) is -0.135. The Morgan fingerprint density at radius 1 is 1.05 bits per heavy atom. The monoisotopic (exact) mass is 595 g/mol. The topological polar surface area (TPSA) is 162 Å². The van der Waals surface area contributed by atoms with Gasteiger partial charge in [0.05, 0.1) is 24.8 Å². The summed E-state index contributed by atoms with van der Waals surface area (Å²) < 4.78 is 11.6. The van der Waals surface area contributed by atoms with Crippen molar-refractivity contribution >= 4 is 29.2 Å². The van der Waals surface area contributed by atoms with Gasteiger partial charge in [-0.15, -0.1) is 10.2 Å². The number of ether oxygens (including phenoxy) is 1. The van der Waals surface area contributed by atoms with E-state index in [1.54, 1.807) is 13.8 Å². The number of nitrogens with one attached hydrogen (secondary N) is 2. The molecule has 1 atom stereocenters. The number of carbonyl (C=O) groups excluding carboxylic acids is 3. The highest BCUT2D eigenvalue weighted by molar-refractivity contribution is 5.98. The molecule has 0 radical (unpaired) electrons. The van der Waals surface area contributed by atoms with E-state index in [1.165, 1.54) is 6.20 Å². The predicted octanol–water partition coefficient (Wildman–Crippen LogP) is 3.52. The van der Waals surface area contributed by atoms with Crippen LogP contribution in [0.5, 0.6) is 0 Å². The normalized spacial score (nSPS) is 12.5. The number of hydrogen-bond donors (Lipinski definition) is 2. The lowest BCUT2D eigenvalue weighted by molar-refractivity contribution is -0.122. The van der Waals surface area contributed by atoms with Crippen LogP contribution in [0.15, 0.2) is 39.7 Å². The van der Waals surface area contributed by atoms with Gasteiger partial charge in [0.25, 0.3) is 11.4 Å². The Morgan fingerprint density at radius 2 is 1.67 bits per heavy atom. The zero-order chi connectivity index (χ0) is 32.3. The van der Waals surface area contributed by atoms with Crippen LogP contribution in [-0.4, -0.2) is 64.8 Å². The summed E-state index contributed by atoms with van der Waals surface area (Å²) in [7, 11) is 5.08. The number of benzene rings is 1. The van der Waals surface area contributed by atoms with Gasteiger partial charge in [0, 0.05) is 25.2 Å². The van der Waals surface area contributed by atoms with Crippen LogP contribution in [0.4, 0.5) is 16.2 Å². The van der Waals surface area contributed by atoms with Crippen molar-refractivity contribution < 1.29 is 23.5 Å². The fourth-order valence-electron chi connectivity index (χ4n) is 4.39. The molecule has 0 aliphatic carbocycles. The number of nitrogens with zero attached hydrogens (tertiary/aromatic N) is 5. The second kappa shape index (κ2) is 12.8. The fourth-order valence-corrected chi connectivity index (χ4v) is 4.39. The van der Waals surface area contributed by atoms with Crippen molar-refractivity contribution in [1.29, 1.82) is 0 Å². The van der Waals surface area contributed by atoms with Crippen LogP contribution in [-0.2, 0) is 26.9 Å². The summed E-state index contributed by atoms with van der Waals surface area (Å²) in [5, 5.41) is 13.2. The van der Waals surface area contributed by atoms with Crippen LogP contribution in [0.3, 0.4) is 0 Å². The molecule has 0 fully saturated rings. The quantitative estimate of drug-likeness (QED) is 0.332. The molecular formula is C30H41N7O6. The molecule has 0 saturated carbocycles. The first-order valence-corrected chi connectivity index (χ1v) is 13.9. The average Bonchev–Trinajstić information content (AvgIpc) is 3.44. The summed E-state index contributed by atoms with van der Waals surface area (Å²) in [6.45, 7) is 12.4. The van der Waals surface area contributed by atoms with E-state index in [0.29, 0.717) is 5.82 Å². The number of aromatic nitrogens is 4. The average molecular weight is 596 g/mol. The van der Waals surface area contributed by atoms with Crippen molar-refractivity contribution in [2.75, 3.05) is 31.4 Å². The van der Waals surface area contributed by atoms with Gasteiger partial charge in [-0.05, 0) is 37.5 Å². The summed E-state index contributed by atoms with van der Waals surface area (Å²) in [6, 6.07) is 6.89. The first-order valence-electron chi connectivity index (χ1n) is 13.9. The van der Waals surface area contributed by atoms with E-state index in [2.05, 4.69) is 30.6 Å². The number of carbonyl (C=O) groups is 3.